The van der Waals surface area contributed by atoms with E-state index in [2.05, 4.69) is 30.8 Å². The zero-order valence-corrected chi connectivity index (χ0v) is 14.2. The SMILES string of the molecule is Cc1nnc(CNC(=O)Cc2csc(Nc3ccc(Cl)cn3)n2)o1. The summed E-state index contributed by atoms with van der Waals surface area (Å²) in [6.45, 7) is 1.89. The number of nitrogens with one attached hydrogen (secondary N) is 2. The van der Waals surface area contributed by atoms with Crippen molar-refractivity contribution >= 4 is 39.8 Å². The van der Waals surface area contributed by atoms with Crippen molar-refractivity contribution in [3.63, 3.8) is 0 Å². The summed E-state index contributed by atoms with van der Waals surface area (Å²) in [6, 6.07) is 3.49. The molecular formula is C14H13ClN6O2S. The normalized spacial score (nSPS) is 10.6. The predicted octanol–water partition coefficient (Wildman–Crippen LogP) is 2.49. The van der Waals surface area contributed by atoms with Crippen LogP contribution in [-0.2, 0) is 17.8 Å². The molecule has 0 saturated heterocycles. The molecule has 0 spiro atoms. The van der Waals surface area contributed by atoms with Gasteiger partial charge in [-0.15, -0.1) is 21.5 Å². The number of carbonyl (C=O) groups excluding carboxylic acids is 1. The highest BCUT2D eigenvalue weighted by molar-refractivity contribution is 7.13. The first kappa shape index (κ1) is 16.3. The Bertz CT molecular complexity index is 832. The molecule has 0 unspecified atom stereocenters. The third-order valence-corrected chi connectivity index (χ3v) is 3.89. The van der Waals surface area contributed by atoms with E-state index >= 15 is 0 Å². The van der Waals surface area contributed by atoms with Gasteiger partial charge in [0.15, 0.2) is 5.13 Å². The van der Waals surface area contributed by atoms with Gasteiger partial charge in [-0.1, -0.05) is 11.6 Å². The first-order valence-corrected chi connectivity index (χ1v) is 8.23. The zero-order valence-electron chi connectivity index (χ0n) is 12.6. The molecule has 0 aliphatic heterocycles. The van der Waals surface area contributed by atoms with Gasteiger partial charge in [0, 0.05) is 18.5 Å². The van der Waals surface area contributed by atoms with Gasteiger partial charge in [-0.2, -0.15) is 0 Å². The monoisotopic (exact) mass is 364 g/mol. The van der Waals surface area contributed by atoms with E-state index in [-0.39, 0.29) is 18.9 Å². The van der Waals surface area contributed by atoms with Gasteiger partial charge in [-0.25, -0.2) is 9.97 Å². The number of hydrogen-bond acceptors (Lipinski definition) is 8. The van der Waals surface area contributed by atoms with Gasteiger partial charge in [0.1, 0.15) is 5.82 Å². The molecule has 124 valence electrons. The second-order valence-corrected chi connectivity index (χ2v) is 6.09. The number of hydrogen-bond donors (Lipinski definition) is 2. The van der Waals surface area contributed by atoms with Gasteiger partial charge in [-0.05, 0) is 12.1 Å². The summed E-state index contributed by atoms with van der Waals surface area (Å²) in [5.74, 6) is 1.30. The maximum atomic E-state index is 11.9. The molecule has 3 aromatic heterocycles. The minimum Gasteiger partial charge on any atom is -0.424 e. The number of thiazole rings is 1. The minimum atomic E-state index is -0.174. The number of rotatable bonds is 6. The van der Waals surface area contributed by atoms with Crippen LogP contribution in [-0.4, -0.2) is 26.1 Å². The van der Waals surface area contributed by atoms with E-state index in [1.165, 1.54) is 11.3 Å². The topological polar surface area (TPSA) is 106 Å². The predicted molar refractivity (Wildman–Crippen MR) is 89.2 cm³/mol. The van der Waals surface area contributed by atoms with E-state index < -0.39 is 0 Å². The Morgan fingerprint density at radius 2 is 2.25 bits per heavy atom. The molecule has 1 amide bonds. The van der Waals surface area contributed by atoms with Crippen LogP contribution in [0.1, 0.15) is 17.5 Å². The van der Waals surface area contributed by atoms with Crippen molar-refractivity contribution in [3.8, 4) is 0 Å². The van der Waals surface area contributed by atoms with Crippen molar-refractivity contribution in [2.75, 3.05) is 5.32 Å². The van der Waals surface area contributed by atoms with Crippen LogP contribution in [0.15, 0.2) is 28.1 Å². The number of aryl methyl sites for hydroxylation is 1. The van der Waals surface area contributed by atoms with Gasteiger partial charge in [0.05, 0.1) is 23.7 Å². The molecule has 3 heterocycles. The Kier molecular flexibility index (Phi) is 5.02. The van der Waals surface area contributed by atoms with Crippen molar-refractivity contribution in [1.82, 2.24) is 25.5 Å². The number of aromatic nitrogens is 4. The molecule has 3 rings (SSSR count). The maximum absolute atomic E-state index is 11.9. The standard InChI is InChI=1S/C14H13ClN6O2S/c1-8-20-21-13(23-8)6-17-12(22)4-10-7-24-14(18-10)19-11-3-2-9(15)5-16-11/h2-3,5,7H,4,6H2,1H3,(H,17,22)(H,16,18,19). The number of amides is 1. The Hall–Kier alpha value is -2.52. The van der Waals surface area contributed by atoms with Crippen LogP contribution in [0.4, 0.5) is 10.9 Å². The first-order valence-electron chi connectivity index (χ1n) is 6.97. The van der Waals surface area contributed by atoms with Crippen molar-refractivity contribution < 1.29 is 9.21 Å². The fourth-order valence-electron chi connectivity index (χ4n) is 1.82. The van der Waals surface area contributed by atoms with E-state index in [0.717, 1.165) is 0 Å². The van der Waals surface area contributed by atoms with Crippen LogP contribution >= 0.6 is 22.9 Å². The largest absolute Gasteiger partial charge is 0.424 e. The van der Waals surface area contributed by atoms with Gasteiger partial charge >= 0.3 is 0 Å². The first-order chi connectivity index (χ1) is 11.6. The zero-order chi connectivity index (χ0) is 16.9. The Labute approximate surface area is 146 Å². The van der Waals surface area contributed by atoms with Crippen molar-refractivity contribution in [3.05, 3.63) is 46.2 Å². The maximum Gasteiger partial charge on any atom is 0.235 e. The molecule has 0 bridgehead atoms. The lowest BCUT2D eigenvalue weighted by atomic mass is 10.3. The van der Waals surface area contributed by atoms with Gasteiger partial charge in [0.2, 0.25) is 17.7 Å². The molecular weight excluding hydrogens is 352 g/mol. The molecule has 0 fully saturated rings. The smallest absolute Gasteiger partial charge is 0.235 e. The number of pyridine rings is 1. The minimum absolute atomic E-state index is 0.166. The molecule has 3 aromatic rings. The van der Waals surface area contributed by atoms with Gasteiger partial charge in [0.25, 0.3) is 0 Å². The third kappa shape index (κ3) is 4.49. The summed E-state index contributed by atoms with van der Waals surface area (Å²) in [6.07, 6.45) is 1.71. The molecule has 0 radical (unpaired) electrons. The highest BCUT2D eigenvalue weighted by atomic mass is 35.5. The number of anilines is 2. The molecule has 0 aliphatic rings. The van der Waals surface area contributed by atoms with Gasteiger partial charge < -0.3 is 15.1 Å². The summed E-state index contributed by atoms with van der Waals surface area (Å²) in [5.41, 5.74) is 0.663. The van der Waals surface area contributed by atoms with Crippen LogP contribution < -0.4 is 10.6 Å². The Morgan fingerprint density at radius 3 is 2.96 bits per heavy atom. The fourth-order valence-corrected chi connectivity index (χ4v) is 2.64. The summed E-state index contributed by atoms with van der Waals surface area (Å²) in [7, 11) is 0. The van der Waals surface area contributed by atoms with Crippen molar-refractivity contribution in [1.29, 1.82) is 0 Å². The van der Waals surface area contributed by atoms with E-state index in [4.69, 9.17) is 16.0 Å². The van der Waals surface area contributed by atoms with E-state index in [9.17, 15) is 4.79 Å². The van der Waals surface area contributed by atoms with E-state index in [1.807, 2.05) is 5.38 Å². The molecule has 0 aromatic carbocycles. The molecule has 0 aliphatic carbocycles. The van der Waals surface area contributed by atoms with Crippen molar-refractivity contribution in [2.24, 2.45) is 0 Å². The third-order valence-electron chi connectivity index (χ3n) is 2.86. The molecule has 0 atom stereocenters. The van der Waals surface area contributed by atoms with Crippen LogP contribution in [0.25, 0.3) is 0 Å². The second-order valence-electron chi connectivity index (χ2n) is 4.80. The lowest BCUT2D eigenvalue weighted by molar-refractivity contribution is -0.120. The van der Waals surface area contributed by atoms with Crippen LogP contribution in [0.2, 0.25) is 5.02 Å². The Balaban J connectivity index is 1.51. The summed E-state index contributed by atoms with van der Waals surface area (Å²) < 4.78 is 5.19. The number of carbonyl (C=O) groups is 1. The average molecular weight is 365 g/mol. The van der Waals surface area contributed by atoms with E-state index in [1.54, 1.807) is 25.3 Å². The van der Waals surface area contributed by atoms with Crippen LogP contribution in [0.5, 0.6) is 0 Å². The highest BCUT2D eigenvalue weighted by Crippen LogP contribution is 2.20. The lowest BCUT2D eigenvalue weighted by Crippen LogP contribution is -2.24. The molecule has 0 saturated carbocycles. The Morgan fingerprint density at radius 1 is 1.38 bits per heavy atom. The quantitative estimate of drug-likeness (QED) is 0.692. The van der Waals surface area contributed by atoms with Crippen LogP contribution in [0, 0.1) is 6.92 Å². The molecule has 10 heteroatoms. The summed E-state index contributed by atoms with van der Waals surface area (Å²) in [5, 5.41) is 16.3. The number of nitrogens with zero attached hydrogens (tertiary/aromatic N) is 4. The lowest BCUT2D eigenvalue weighted by Gasteiger charge is -2.01. The molecule has 24 heavy (non-hydrogen) atoms. The molecule has 2 N–H and O–H groups in total. The van der Waals surface area contributed by atoms with Crippen molar-refractivity contribution in [2.45, 2.75) is 19.9 Å². The van der Waals surface area contributed by atoms with Gasteiger partial charge in [-0.3, -0.25) is 4.79 Å². The summed E-state index contributed by atoms with van der Waals surface area (Å²) >= 11 is 7.18. The highest BCUT2D eigenvalue weighted by Gasteiger charge is 2.10. The second kappa shape index (κ2) is 7.37. The van der Waals surface area contributed by atoms with Crippen LogP contribution in [0.3, 0.4) is 0 Å². The summed E-state index contributed by atoms with van der Waals surface area (Å²) in [4.78, 5) is 20.4. The number of halogens is 1. The average Bonchev–Trinajstić information content (AvgIpc) is 3.17. The fraction of sp³-hybridized carbons (Fsp3) is 0.214. The molecule has 8 nitrogen and oxygen atoms in total. The van der Waals surface area contributed by atoms with E-state index in [0.29, 0.717) is 33.4 Å².